The van der Waals surface area contributed by atoms with E-state index in [1.54, 1.807) is 0 Å². The van der Waals surface area contributed by atoms with Crippen molar-refractivity contribution >= 4 is 37.5 Å². The van der Waals surface area contributed by atoms with Crippen LogP contribution in [0.15, 0.2) is 108 Å². The van der Waals surface area contributed by atoms with E-state index in [2.05, 4.69) is 119 Å². The Balaban J connectivity index is 1.94. The molecular formula is C26H17Br. The zero-order valence-electron chi connectivity index (χ0n) is 14.7. The van der Waals surface area contributed by atoms with Crippen LogP contribution < -0.4 is 0 Å². The lowest BCUT2D eigenvalue weighted by Gasteiger charge is -2.15. The van der Waals surface area contributed by atoms with Crippen molar-refractivity contribution in [1.29, 1.82) is 0 Å². The summed E-state index contributed by atoms with van der Waals surface area (Å²) in [5.74, 6) is 0. The van der Waals surface area contributed by atoms with Gasteiger partial charge in [0.1, 0.15) is 0 Å². The van der Waals surface area contributed by atoms with Gasteiger partial charge in [0.25, 0.3) is 0 Å². The quantitative estimate of drug-likeness (QED) is 0.259. The molecule has 0 aliphatic rings. The van der Waals surface area contributed by atoms with Gasteiger partial charge in [-0.2, -0.15) is 0 Å². The number of fused-ring (bicyclic) bond motifs is 2. The largest absolute Gasteiger partial charge is 0.0622 e. The minimum atomic E-state index is 1.10. The van der Waals surface area contributed by atoms with Crippen LogP contribution in [-0.2, 0) is 0 Å². The molecule has 0 spiro atoms. The molecule has 0 nitrogen and oxygen atoms in total. The molecule has 0 saturated carbocycles. The van der Waals surface area contributed by atoms with Crippen LogP contribution in [0, 0.1) is 0 Å². The van der Waals surface area contributed by atoms with E-state index in [1.165, 1.54) is 43.8 Å². The Morgan fingerprint density at radius 3 is 2.04 bits per heavy atom. The third-order valence-corrected chi connectivity index (χ3v) is 5.60. The van der Waals surface area contributed by atoms with E-state index in [9.17, 15) is 0 Å². The summed E-state index contributed by atoms with van der Waals surface area (Å²) in [6.07, 6.45) is 0. The highest BCUT2D eigenvalue weighted by atomic mass is 79.9. The molecule has 0 amide bonds. The molecule has 0 aromatic heterocycles. The van der Waals surface area contributed by atoms with Crippen molar-refractivity contribution in [2.24, 2.45) is 0 Å². The lowest BCUT2D eigenvalue weighted by Crippen LogP contribution is -1.88. The van der Waals surface area contributed by atoms with Gasteiger partial charge in [-0.3, -0.25) is 0 Å². The fourth-order valence-electron chi connectivity index (χ4n) is 3.91. The Kier molecular flexibility index (Phi) is 4.03. The fraction of sp³-hybridized carbons (Fsp3) is 0. The predicted molar refractivity (Wildman–Crippen MR) is 120 cm³/mol. The Labute approximate surface area is 167 Å². The van der Waals surface area contributed by atoms with Crippen LogP contribution >= 0.6 is 15.9 Å². The molecule has 0 heterocycles. The smallest absolute Gasteiger partial charge is 0.0181 e. The second kappa shape index (κ2) is 6.68. The standard InChI is InChI=1S/C26H17Br/c27-21-12-6-11-19(16-21)22-14-7-15-24-25(22)17-20-10-4-5-13-23(20)26(24)18-8-2-1-3-9-18/h1-17H. The van der Waals surface area contributed by atoms with Gasteiger partial charge < -0.3 is 0 Å². The molecule has 5 rings (SSSR count). The van der Waals surface area contributed by atoms with Gasteiger partial charge in [-0.05, 0) is 62.0 Å². The third-order valence-electron chi connectivity index (χ3n) is 5.10. The van der Waals surface area contributed by atoms with Crippen molar-refractivity contribution in [3.05, 3.63) is 108 Å². The van der Waals surface area contributed by atoms with Crippen LogP contribution in [0.3, 0.4) is 0 Å². The van der Waals surface area contributed by atoms with E-state index in [1.807, 2.05) is 0 Å². The van der Waals surface area contributed by atoms with Gasteiger partial charge in [-0.15, -0.1) is 0 Å². The van der Waals surface area contributed by atoms with E-state index >= 15 is 0 Å². The molecular weight excluding hydrogens is 392 g/mol. The fourth-order valence-corrected chi connectivity index (χ4v) is 4.31. The molecule has 0 radical (unpaired) electrons. The minimum Gasteiger partial charge on any atom is -0.0622 e. The van der Waals surface area contributed by atoms with Gasteiger partial charge in [-0.1, -0.05) is 101 Å². The Bertz CT molecular complexity index is 1270. The summed E-state index contributed by atoms with van der Waals surface area (Å²) in [7, 11) is 0. The van der Waals surface area contributed by atoms with E-state index < -0.39 is 0 Å². The highest BCUT2D eigenvalue weighted by Gasteiger charge is 2.12. The Morgan fingerprint density at radius 1 is 0.481 bits per heavy atom. The molecule has 0 saturated heterocycles. The van der Waals surface area contributed by atoms with Gasteiger partial charge >= 0.3 is 0 Å². The summed E-state index contributed by atoms with van der Waals surface area (Å²) < 4.78 is 1.10. The zero-order chi connectivity index (χ0) is 18.2. The average molecular weight is 409 g/mol. The van der Waals surface area contributed by atoms with Crippen LogP contribution in [0.25, 0.3) is 43.8 Å². The first-order valence-electron chi connectivity index (χ1n) is 9.07. The highest BCUT2D eigenvalue weighted by Crippen LogP contribution is 2.40. The van der Waals surface area contributed by atoms with Crippen molar-refractivity contribution in [3.63, 3.8) is 0 Å². The van der Waals surface area contributed by atoms with Gasteiger partial charge in [0, 0.05) is 4.47 Å². The monoisotopic (exact) mass is 408 g/mol. The predicted octanol–water partition coefficient (Wildman–Crippen LogP) is 8.09. The van der Waals surface area contributed by atoms with Crippen LogP contribution in [0.2, 0.25) is 0 Å². The van der Waals surface area contributed by atoms with Crippen molar-refractivity contribution in [2.45, 2.75) is 0 Å². The molecule has 0 N–H and O–H groups in total. The van der Waals surface area contributed by atoms with Gasteiger partial charge in [0.05, 0.1) is 0 Å². The van der Waals surface area contributed by atoms with Crippen molar-refractivity contribution < 1.29 is 0 Å². The normalized spacial score (nSPS) is 11.1. The molecule has 0 aliphatic heterocycles. The minimum absolute atomic E-state index is 1.10. The molecule has 27 heavy (non-hydrogen) atoms. The maximum absolute atomic E-state index is 3.61. The molecule has 128 valence electrons. The first-order chi connectivity index (χ1) is 13.3. The second-order valence-corrected chi connectivity index (χ2v) is 7.67. The maximum Gasteiger partial charge on any atom is 0.0181 e. The lowest BCUT2D eigenvalue weighted by atomic mass is 9.89. The van der Waals surface area contributed by atoms with Crippen LogP contribution in [0.5, 0.6) is 0 Å². The second-order valence-electron chi connectivity index (χ2n) is 6.75. The van der Waals surface area contributed by atoms with Gasteiger partial charge in [-0.25, -0.2) is 0 Å². The lowest BCUT2D eigenvalue weighted by molar-refractivity contribution is 1.62. The molecule has 0 bridgehead atoms. The topological polar surface area (TPSA) is 0 Å². The number of halogens is 1. The summed E-state index contributed by atoms with van der Waals surface area (Å²) in [6, 6.07) is 36.9. The average Bonchev–Trinajstić information content (AvgIpc) is 2.72. The summed E-state index contributed by atoms with van der Waals surface area (Å²) in [4.78, 5) is 0. The number of rotatable bonds is 2. The number of hydrogen-bond donors (Lipinski definition) is 0. The molecule has 5 aromatic carbocycles. The van der Waals surface area contributed by atoms with Gasteiger partial charge in [0.15, 0.2) is 0 Å². The van der Waals surface area contributed by atoms with E-state index in [0.717, 1.165) is 4.47 Å². The zero-order valence-corrected chi connectivity index (χ0v) is 16.3. The SMILES string of the molecule is Brc1cccc(-c2cccc3c(-c4ccccc4)c4ccccc4cc23)c1. The van der Waals surface area contributed by atoms with E-state index in [0.29, 0.717) is 0 Å². The first kappa shape index (κ1) is 16.3. The van der Waals surface area contributed by atoms with Crippen LogP contribution in [0.4, 0.5) is 0 Å². The summed E-state index contributed by atoms with van der Waals surface area (Å²) in [6.45, 7) is 0. The molecule has 5 aromatic rings. The number of benzene rings is 5. The highest BCUT2D eigenvalue weighted by molar-refractivity contribution is 9.10. The third kappa shape index (κ3) is 2.85. The van der Waals surface area contributed by atoms with Crippen LogP contribution in [0.1, 0.15) is 0 Å². The Morgan fingerprint density at radius 2 is 1.19 bits per heavy atom. The van der Waals surface area contributed by atoms with Gasteiger partial charge in [0.2, 0.25) is 0 Å². The number of hydrogen-bond acceptors (Lipinski definition) is 0. The van der Waals surface area contributed by atoms with Crippen molar-refractivity contribution in [2.75, 3.05) is 0 Å². The van der Waals surface area contributed by atoms with E-state index in [4.69, 9.17) is 0 Å². The molecule has 0 fully saturated rings. The van der Waals surface area contributed by atoms with Crippen LogP contribution in [-0.4, -0.2) is 0 Å². The summed E-state index contributed by atoms with van der Waals surface area (Å²) in [5, 5.41) is 5.14. The molecule has 0 aliphatic carbocycles. The Hall–Kier alpha value is -2.90. The van der Waals surface area contributed by atoms with Crippen molar-refractivity contribution in [3.8, 4) is 22.3 Å². The molecule has 1 heteroatoms. The maximum atomic E-state index is 3.61. The summed E-state index contributed by atoms with van der Waals surface area (Å²) in [5.41, 5.74) is 5.05. The van der Waals surface area contributed by atoms with Crippen molar-refractivity contribution in [1.82, 2.24) is 0 Å². The molecule has 0 unspecified atom stereocenters. The first-order valence-corrected chi connectivity index (χ1v) is 9.86. The summed E-state index contributed by atoms with van der Waals surface area (Å²) >= 11 is 3.61. The van der Waals surface area contributed by atoms with E-state index in [-0.39, 0.29) is 0 Å². The molecule has 0 atom stereocenters.